The first-order valence-electron chi connectivity index (χ1n) is 3.57. The molecule has 0 aliphatic rings. The number of rotatable bonds is 1. The summed E-state index contributed by atoms with van der Waals surface area (Å²) in [5.41, 5.74) is 1.94. The Morgan fingerprint density at radius 3 is 2.08 bits per heavy atom. The minimum atomic E-state index is -1.02. The molecule has 0 radical (unpaired) electrons. The predicted octanol–water partition coefficient (Wildman–Crippen LogP) is 1.10. The van der Waals surface area contributed by atoms with Gasteiger partial charge in [0.15, 0.2) is 5.69 Å². The van der Waals surface area contributed by atoms with E-state index in [9.17, 15) is 4.79 Å². The van der Waals surface area contributed by atoms with Gasteiger partial charge in [0.2, 0.25) is 0 Å². The van der Waals surface area contributed by atoms with Gasteiger partial charge >= 0.3 is 5.97 Å². The maximum atomic E-state index is 10.6. The van der Waals surface area contributed by atoms with Crippen LogP contribution in [-0.4, -0.2) is 21.0 Å². The first-order valence-corrected chi connectivity index (χ1v) is 3.57. The van der Waals surface area contributed by atoms with Crippen molar-refractivity contribution in [1.82, 2.24) is 9.97 Å². The Bertz CT molecular complexity index is 334. The number of carbonyl (C=O) groups is 1. The molecule has 0 aliphatic heterocycles. The summed E-state index contributed by atoms with van der Waals surface area (Å²) in [5.74, 6) is -1.02. The van der Waals surface area contributed by atoms with Crippen LogP contribution in [0.25, 0.3) is 0 Å². The minimum absolute atomic E-state index is 0.0399. The summed E-state index contributed by atoms with van der Waals surface area (Å²) in [7, 11) is 0. The van der Waals surface area contributed by atoms with E-state index < -0.39 is 5.97 Å². The van der Waals surface area contributed by atoms with Crippen LogP contribution in [0.4, 0.5) is 0 Å². The van der Waals surface area contributed by atoms with Crippen molar-refractivity contribution in [2.45, 2.75) is 20.8 Å². The van der Waals surface area contributed by atoms with Gasteiger partial charge in [0.1, 0.15) is 0 Å². The molecule has 4 nitrogen and oxygen atoms in total. The average Bonchev–Trinajstić information content (AvgIpc) is 1.96. The normalized spacial score (nSPS) is 9.92. The Morgan fingerprint density at radius 1 is 1.08 bits per heavy atom. The van der Waals surface area contributed by atoms with Crippen LogP contribution < -0.4 is 0 Å². The molecule has 0 bridgehead atoms. The zero-order valence-corrected chi connectivity index (χ0v) is 7.25. The van der Waals surface area contributed by atoms with Crippen LogP contribution in [-0.2, 0) is 0 Å². The lowest BCUT2D eigenvalue weighted by atomic mass is 10.3. The number of aromatic carboxylic acids is 1. The lowest BCUT2D eigenvalue weighted by molar-refractivity contribution is 0.0688. The molecule has 0 unspecified atom stereocenters. The lowest BCUT2D eigenvalue weighted by Crippen LogP contribution is -2.08. The number of nitrogens with zero attached hydrogens (tertiary/aromatic N) is 2. The second-order valence-corrected chi connectivity index (χ2v) is 2.63. The number of aryl methyl sites for hydroxylation is 3. The summed E-state index contributed by atoms with van der Waals surface area (Å²) < 4.78 is 0. The second kappa shape index (κ2) is 2.89. The van der Waals surface area contributed by atoms with Crippen molar-refractivity contribution in [1.29, 1.82) is 0 Å². The van der Waals surface area contributed by atoms with E-state index in [-0.39, 0.29) is 5.69 Å². The monoisotopic (exact) mass is 167 g/mol. The minimum Gasteiger partial charge on any atom is -0.476 e. The zero-order valence-electron chi connectivity index (χ0n) is 7.25. The summed E-state index contributed by atoms with van der Waals surface area (Å²) in [5, 5.41) is 8.68. The second-order valence-electron chi connectivity index (χ2n) is 2.63. The molecule has 0 aliphatic carbocycles. The van der Waals surface area contributed by atoms with Crippen molar-refractivity contribution in [3.8, 4) is 0 Å². The van der Waals surface area contributed by atoms with Gasteiger partial charge in [-0.1, -0.05) is 0 Å². The van der Waals surface area contributed by atoms with Crippen LogP contribution in [0.2, 0.25) is 0 Å². The van der Waals surface area contributed by atoms with Crippen molar-refractivity contribution < 1.29 is 9.90 Å². The molecular formula is C8H10N2O2. The Kier molecular flexibility index (Phi) is 2.08. The molecule has 0 amide bonds. The van der Waals surface area contributed by atoms with Crippen LogP contribution in [0, 0.1) is 20.8 Å². The molecule has 1 N–H and O–H groups in total. The van der Waals surface area contributed by atoms with Gasteiger partial charge in [0.05, 0.1) is 17.1 Å². The largest absolute Gasteiger partial charge is 0.476 e. The van der Waals surface area contributed by atoms with Gasteiger partial charge in [-0.25, -0.2) is 9.78 Å². The quantitative estimate of drug-likeness (QED) is 0.680. The van der Waals surface area contributed by atoms with Crippen molar-refractivity contribution in [3.63, 3.8) is 0 Å². The molecule has 64 valence electrons. The molecule has 0 atom stereocenters. The molecule has 1 aromatic heterocycles. The average molecular weight is 167 g/mol. The third-order valence-corrected chi connectivity index (χ3v) is 1.68. The van der Waals surface area contributed by atoms with Crippen LogP contribution in [0.5, 0.6) is 0 Å². The Morgan fingerprint density at radius 2 is 1.58 bits per heavy atom. The highest BCUT2D eigenvalue weighted by atomic mass is 16.4. The number of carboxylic acid groups (broad SMARTS) is 1. The summed E-state index contributed by atoms with van der Waals surface area (Å²) in [6.45, 7) is 5.19. The van der Waals surface area contributed by atoms with Crippen LogP contribution in [0.3, 0.4) is 0 Å². The fourth-order valence-corrected chi connectivity index (χ4v) is 0.917. The molecule has 0 saturated heterocycles. The van der Waals surface area contributed by atoms with Crippen LogP contribution in [0.1, 0.15) is 27.6 Å². The van der Waals surface area contributed by atoms with Gasteiger partial charge in [-0.15, -0.1) is 0 Å². The van der Waals surface area contributed by atoms with Gasteiger partial charge in [0.25, 0.3) is 0 Å². The topological polar surface area (TPSA) is 63.1 Å². The highest BCUT2D eigenvalue weighted by Crippen LogP contribution is 2.06. The summed E-state index contributed by atoms with van der Waals surface area (Å²) >= 11 is 0. The third kappa shape index (κ3) is 1.42. The molecule has 0 aromatic carbocycles. The van der Waals surface area contributed by atoms with Crippen LogP contribution in [0.15, 0.2) is 0 Å². The van der Waals surface area contributed by atoms with Crippen molar-refractivity contribution >= 4 is 5.97 Å². The smallest absolute Gasteiger partial charge is 0.356 e. The fraction of sp³-hybridized carbons (Fsp3) is 0.375. The van der Waals surface area contributed by atoms with Crippen molar-refractivity contribution in [3.05, 3.63) is 22.8 Å². The molecule has 1 aromatic rings. The van der Waals surface area contributed by atoms with E-state index in [1.54, 1.807) is 20.8 Å². The van der Waals surface area contributed by atoms with Gasteiger partial charge in [0, 0.05) is 0 Å². The predicted molar refractivity (Wildman–Crippen MR) is 43.2 cm³/mol. The van der Waals surface area contributed by atoms with E-state index in [1.165, 1.54) is 0 Å². The Balaban J connectivity index is 3.33. The first kappa shape index (κ1) is 8.64. The fourth-order valence-electron chi connectivity index (χ4n) is 0.917. The van der Waals surface area contributed by atoms with Gasteiger partial charge in [-0.3, -0.25) is 4.98 Å². The Labute approximate surface area is 70.3 Å². The van der Waals surface area contributed by atoms with E-state index in [1.807, 2.05) is 0 Å². The summed E-state index contributed by atoms with van der Waals surface area (Å²) in [6, 6.07) is 0. The van der Waals surface area contributed by atoms with E-state index in [4.69, 9.17) is 5.11 Å². The lowest BCUT2D eigenvalue weighted by Gasteiger charge is -2.02. The summed E-state index contributed by atoms with van der Waals surface area (Å²) in [6.07, 6.45) is 0. The molecule has 1 rings (SSSR count). The number of hydrogen-bond acceptors (Lipinski definition) is 3. The highest BCUT2D eigenvalue weighted by molar-refractivity contribution is 5.86. The molecule has 0 spiro atoms. The molecular weight excluding hydrogens is 157 g/mol. The first-order chi connectivity index (χ1) is 5.52. The molecule has 1 heterocycles. The van der Waals surface area contributed by atoms with E-state index in [2.05, 4.69) is 9.97 Å². The van der Waals surface area contributed by atoms with Crippen molar-refractivity contribution in [2.75, 3.05) is 0 Å². The van der Waals surface area contributed by atoms with Crippen LogP contribution >= 0.6 is 0 Å². The molecule has 12 heavy (non-hydrogen) atoms. The number of carboxylic acids is 1. The van der Waals surface area contributed by atoms with E-state index >= 15 is 0 Å². The molecule has 0 fully saturated rings. The van der Waals surface area contributed by atoms with E-state index in [0.717, 1.165) is 5.69 Å². The maximum Gasteiger partial charge on any atom is 0.356 e. The third-order valence-electron chi connectivity index (χ3n) is 1.68. The number of aromatic nitrogens is 2. The number of hydrogen-bond donors (Lipinski definition) is 1. The van der Waals surface area contributed by atoms with Crippen molar-refractivity contribution in [2.24, 2.45) is 0 Å². The van der Waals surface area contributed by atoms with Gasteiger partial charge in [-0.2, -0.15) is 0 Å². The highest BCUT2D eigenvalue weighted by Gasteiger charge is 2.11. The summed E-state index contributed by atoms with van der Waals surface area (Å²) in [4.78, 5) is 18.5. The van der Waals surface area contributed by atoms with Gasteiger partial charge < -0.3 is 5.11 Å². The Hall–Kier alpha value is -1.45. The van der Waals surface area contributed by atoms with E-state index in [0.29, 0.717) is 11.4 Å². The molecule has 0 saturated carbocycles. The zero-order chi connectivity index (χ0) is 9.30. The van der Waals surface area contributed by atoms with Gasteiger partial charge in [-0.05, 0) is 20.8 Å². The maximum absolute atomic E-state index is 10.6. The molecule has 4 heteroatoms. The standard InChI is InChI=1S/C8H10N2O2/c1-4-5(2)10-7(8(11)12)6(3)9-4/h1-3H3,(H,11,12)/i10+1. The SMILES string of the molecule is Cc1nc(C)c(C(=O)O)[15n]c1C.